The van der Waals surface area contributed by atoms with Crippen molar-refractivity contribution in [3.05, 3.63) is 0 Å². The molecule has 0 amide bonds. The minimum atomic E-state index is -0.810. The number of halogens is 1. The lowest BCUT2D eigenvalue weighted by molar-refractivity contribution is 0.0514. The molecule has 2 saturated carbocycles. The standard InChI is InChI=1S/C17H31F/c1-3-5-14-6-8-15(9-7-14)16-10-12-17(18,4-2)13-11-16/h14-16H,3-13H2,1-2H3/t14?,15?,16-,17+. The van der Waals surface area contributed by atoms with Crippen molar-refractivity contribution in [1.29, 1.82) is 0 Å². The van der Waals surface area contributed by atoms with Gasteiger partial charge in [-0.05, 0) is 62.7 Å². The van der Waals surface area contributed by atoms with Crippen molar-refractivity contribution in [1.82, 2.24) is 0 Å². The molecule has 0 unspecified atom stereocenters. The molecule has 1 heteroatoms. The lowest BCUT2D eigenvalue weighted by atomic mass is 9.68. The lowest BCUT2D eigenvalue weighted by Crippen LogP contribution is -2.32. The molecule has 0 nitrogen and oxygen atoms in total. The Kier molecular flexibility index (Phi) is 5.09. The van der Waals surface area contributed by atoms with E-state index in [1.54, 1.807) is 0 Å². The highest BCUT2D eigenvalue weighted by Gasteiger charge is 2.37. The second-order valence-electron chi connectivity index (χ2n) is 6.91. The maximum Gasteiger partial charge on any atom is 0.110 e. The molecule has 0 aromatic carbocycles. The second kappa shape index (κ2) is 6.39. The van der Waals surface area contributed by atoms with E-state index in [-0.39, 0.29) is 0 Å². The molecule has 18 heavy (non-hydrogen) atoms. The van der Waals surface area contributed by atoms with Crippen molar-refractivity contribution in [2.45, 2.75) is 90.1 Å². The first kappa shape index (κ1) is 14.3. The van der Waals surface area contributed by atoms with Crippen LogP contribution in [0.15, 0.2) is 0 Å². The van der Waals surface area contributed by atoms with E-state index in [0.717, 1.165) is 49.9 Å². The Morgan fingerprint density at radius 1 is 0.889 bits per heavy atom. The molecule has 0 aromatic heterocycles. The lowest BCUT2D eigenvalue weighted by Gasteiger charge is -2.40. The van der Waals surface area contributed by atoms with E-state index in [9.17, 15) is 4.39 Å². The molecule has 0 aromatic rings. The van der Waals surface area contributed by atoms with Crippen LogP contribution in [-0.2, 0) is 0 Å². The Balaban J connectivity index is 1.74. The molecule has 0 spiro atoms. The van der Waals surface area contributed by atoms with Gasteiger partial charge in [0, 0.05) is 0 Å². The van der Waals surface area contributed by atoms with Gasteiger partial charge >= 0.3 is 0 Å². The predicted octanol–water partition coefficient (Wildman–Crippen LogP) is 5.90. The van der Waals surface area contributed by atoms with Gasteiger partial charge in [0.2, 0.25) is 0 Å². The first-order chi connectivity index (χ1) is 8.67. The monoisotopic (exact) mass is 254 g/mol. The molecular formula is C17H31F. The molecule has 2 fully saturated rings. The van der Waals surface area contributed by atoms with Gasteiger partial charge in [-0.2, -0.15) is 0 Å². The molecule has 2 aliphatic carbocycles. The summed E-state index contributed by atoms with van der Waals surface area (Å²) in [6.45, 7) is 4.31. The summed E-state index contributed by atoms with van der Waals surface area (Å²) in [5.41, 5.74) is -0.810. The molecule has 106 valence electrons. The van der Waals surface area contributed by atoms with Crippen molar-refractivity contribution in [3.63, 3.8) is 0 Å². The summed E-state index contributed by atoms with van der Waals surface area (Å²) >= 11 is 0. The Morgan fingerprint density at radius 3 is 1.94 bits per heavy atom. The summed E-state index contributed by atoms with van der Waals surface area (Å²) in [5.74, 6) is 2.79. The van der Waals surface area contributed by atoms with Gasteiger partial charge in [-0.25, -0.2) is 4.39 Å². The van der Waals surface area contributed by atoms with Crippen molar-refractivity contribution in [2.75, 3.05) is 0 Å². The zero-order chi connectivity index (χ0) is 13.0. The Morgan fingerprint density at radius 2 is 1.44 bits per heavy atom. The molecule has 0 aliphatic heterocycles. The smallest absolute Gasteiger partial charge is 0.110 e. The van der Waals surface area contributed by atoms with Gasteiger partial charge in [0.05, 0.1) is 0 Å². The highest BCUT2D eigenvalue weighted by Crippen LogP contribution is 2.45. The Labute approximate surface area is 113 Å². The summed E-state index contributed by atoms with van der Waals surface area (Å²) < 4.78 is 14.2. The van der Waals surface area contributed by atoms with Crippen LogP contribution in [0.5, 0.6) is 0 Å². The minimum Gasteiger partial charge on any atom is -0.244 e. The van der Waals surface area contributed by atoms with Crippen molar-refractivity contribution >= 4 is 0 Å². The normalized spacial score (nSPS) is 41.8. The molecule has 0 atom stereocenters. The van der Waals surface area contributed by atoms with E-state index in [4.69, 9.17) is 0 Å². The van der Waals surface area contributed by atoms with Crippen LogP contribution in [0.3, 0.4) is 0 Å². The fraction of sp³-hybridized carbons (Fsp3) is 1.00. The Hall–Kier alpha value is -0.0700. The Bertz CT molecular complexity index is 232. The average Bonchev–Trinajstić information content (AvgIpc) is 2.41. The summed E-state index contributed by atoms with van der Waals surface area (Å²) in [4.78, 5) is 0. The fourth-order valence-electron chi connectivity index (χ4n) is 4.34. The number of rotatable bonds is 4. The third-order valence-corrected chi connectivity index (χ3v) is 5.81. The minimum absolute atomic E-state index is 0.725. The third kappa shape index (κ3) is 3.48. The maximum atomic E-state index is 14.2. The molecule has 2 aliphatic rings. The van der Waals surface area contributed by atoms with Crippen LogP contribution in [0.2, 0.25) is 0 Å². The van der Waals surface area contributed by atoms with Crippen LogP contribution in [0.25, 0.3) is 0 Å². The van der Waals surface area contributed by atoms with Crippen LogP contribution >= 0.6 is 0 Å². The van der Waals surface area contributed by atoms with Crippen LogP contribution in [0, 0.1) is 17.8 Å². The third-order valence-electron chi connectivity index (χ3n) is 5.81. The molecule has 2 rings (SSSR count). The van der Waals surface area contributed by atoms with Gasteiger partial charge in [0.1, 0.15) is 5.67 Å². The summed E-state index contributed by atoms with van der Waals surface area (Å²) in [5, 5.41) is 0. The molecule has 0 heterocycles. The van der Waals surface area contributed by atoms with Crippen LogP contribution < -0.4 is 0 Å². The first-order valence-electron chi connectivity index (χ1n) is 8.35. The zero-order valence-electron chi connectivity index (χ0n) is 12.4. The molecule has 0 bridgehead atoms. The van der Waals surface area contributed by atoms with E-state index >= 15 is 0 Å². The largest absolute Gasteiger partial charge is 0.244 e. The van der Waals surface area contributed by atoms with Gasteiger partial charge in [0.15, 0.2) is 0 Å². The summed E-state index contributed by atoms with van der Waals surface area (Å²) in [6.07, 6.45) is 13.3. The topological polar surface area (TPSA) is 0 Å². The molecule has 0 saturated heterocycles. The molecule has 0 N–H and O–H groups in total. The second-order valence-corrected chi connectivity index (χ2v) is 6.91. The first-order valence-corrected chi connectivity index (χ1v) is 8.35. The summed E-state index contributed by atoms with van der Waals surface area (Å²) in [6, 6.07) is 0. The van der Waals surface area contributed by atoms with E-state index in [0.29, 0.717) is 0 Å². The van der Waals surface area contributed by atoms with Gasteiger partial charge in [-0.1, -0.05) is 39.5 Å². The highest BCUT2D eigenvalue weighted by atomic mass is 19.1. The van der Waals surface area contributed by atoms with E-state index in [1.807, 2.05) is 6.92 Å². The molecular weight excluding hydrogens is 223 g/mol. The van der Waals surface area contributed by atoms with Crippen LogP contribution in [0.4, 0.5) is 4.39 Å². The van der Waals surface area contributed by atoms with Crippen molar-refractivity contribution < 1.29 is 4.39 Å². The van der Waals surface area contributed by atoms with Crippen molar-refractivity contribution in [3.8, 4) is 0 Å². The van der Waals surface area contributed by atoms with Crippen molar-refractivity contribution in [2.24, 2.45) is 17.8 Å². The van der Waals surface area contributed by atoms with Crippen LogP contribution in [-0.4, -0.2) is 5.67 Å². The summed E-state index contributed by atoms with van der Waals surface area (Å²) in [7, 11) is 0. The highest BCUT2D eigenvalue weighted by molar-refractivity contribution is 4.88. The van der Waals surface area contributed by atoms with Gasteiger partial charge < -0.3 is 0 Å². The van der Waals surface area contributed by atoms with E-state index in [1.165, 1.54) is 38.5 Å². The fourth-order valence-corrected chi connectivity index (χ4v) is 4.34. The predicted molar refractivity (Wildman–Crippen MR) is 76.4 cm³/mol. The van der Waals surface area contributed by atoms with Gasteiger partial charge in [0.25, 0.3) is 0 Å². The number of hydrogen-bond donors (Lipinski definition) is 0. The zero-order valence-corrected chi connectivity index (χ0v) is 12.4. The SMILES string of the molecule is CCCC1CCC([C@H]2CC[C@](F)(CC)CC2)CC1. The average molecular weight is 254 g/mol. The van der Waals surface area contributed by atoms with E-state index in [2.05, 4.69) is 6.92 Å². The van der Waals surface area contributed by atoms with E-state index < -0.39 is 5.67 Å². The van der Waals surface area contributed by atoms with Gasteiger partial charge in [-0.15, -0.1) is 0 Å². The maximum absolute atomic E-state index is 14.2. The number of alkyl halides is 1. The quantitative estimate of drug-likeness (QED) is 0.585. The van der Waals surface area contributed by atoms with Crippen LogP contribution in [0.1, 0.15) is 84.5 Å². The van der Waals surface area contributed by atoms with Gasteiger partial charge in [-0.3, -0.25) is 0 Å². The molecule has 0 radical (unpaired) electrons. The number of hydrogen-bond acceptors (Lipinski definition) is 0.